The molecule has 1 aliphatic heterocycles. The SMILES string of the molecule is CCOC(=O)C1CCCCN1S(=O)(=O)CCc1ccccc1. The topological polar surface area (TPSA) is 63.7 Å². The Morgan fingerprint density at radius 1 is 1.27 bits per heavy atom. The number of piperidine rings is 1. The number of hydrogen-bond donors (Lipinski definition) is 0. The molecule has 0 N–H and O–H groups in total. The molecule has 1 aromatic carbocycles. The molecule has 1 aromatic rings. The maximum atomic E-state index is 12.6. The van der Waals surface area contributed by atoms with Crippen molar-refractivity contribution in [3.8, 4) is 0 Å². The standard InChI is InChI=1S/C16H23NO4S/c1-2-21-16(18)15-10-6-7-12-17(15)22(19,20)13-11-14-8-4-3-5-9-14/h3-5,8-9,15H,2,6-7,10-13H2,1H3. The van der Waals surface area contributed by atoms with Gasteiger partial charge in [0.05, 0.1) is 12.4 Å². The number of aryl methyl sites for hydroxylation is 1. The van der Waals surface area contributed by atoms with Crippen molar-refractivity contribution in [2.45, 2.75) is 38.6 Å². The van der Waals surface area contributed by atoms with Gasteiger partial charge in [-0.25, -0.2) is 8.42 Å². The van der Waals surface area contributed by atoms with Gasteiger partial charge < -0.3 is 4.74 Å². The summed E-state index contributed by atoms with van der Waals surface area (Å²) in [6.45, 7) is 2.41. The number of carbonyl (C=O) groups is 1. The summed E-state index contributed by atoms with van der Waals surface area (Å²) in [4.78, 5) is 12.0. The van der Waals surface area contributed by atoms with Crippen molar-refractivity contribution in [1.82, 2.24) is 4.31 Å². The molecule has 1 saturated heterocycles. The number of benzene rings is 1. The Balaban J connectivity index is 2.06. The summed E-state index contributed by atoms with van der Waals surface area (Å²) in [5.74, 6) is -0.405. The Morgan fingerprint density at radius 3 is 2.68 bits per heavy atom. The highest BCUT2D eigenvalue weighted by atomic mass is 32.2. The van der Waals surface area contributed by atoms with Gasteiger partial charge in [0.2, 0.25) is 10.0 Å². The molecule has 0 radical (unpaired) electrons. The number of rotatable bonds is 6. The average molecular weight is 325 g/mol. The molecule has 2 rings (SSSR count). The lowest BCUT2D eigenvalue weighted by molar-refractivity contribution is -0.148. The van der Waals surface area contributed by atoms with Crippen molar-refractivity contribution in [3.05, 3.63) is 35.9 Å². The van der Waals surface area contributed by atoms with E-state index in [2.05, 4.69) is 0 Å². The molecule has 6 heteroatoms. The number of esters is 1. The number of ether oxygens (including phenoxy) is 1. The second-order valence-corrected chi connectivity index (χ2v) is 7.47. The van der Waals surface area contributed by atoms with Crippen molar-refractivity contribution < 1.29 is 17.9 Å². The second kappa shape index (κ2) is 7.74. The van der Waals surface area contributed by atoms with Crippen LogP contribution in [0.3, 0.4) is 0 Å². The summed E-state index contributed by atoms with van der Waals surface area (Å²) in [5.41, 5.74) is 0.982. The monoisotopic (exact) mass is 325 g/mol. The molecule has 0 aliphatic carbocycles. The van der Waals surface area contributed by atoms with Crippen LogP contribution in [0.15, 0.2) is 30.3 Å². The van der Waals surface area contributed by atoms with Crippen molar-refractivity contribution in [3.63, 3.8) is 0 Å². The van der Waals surface area contributed by atoms with Crippen LogP contribution in [0.4, 0.5) is 0 Å². The minimum Gasteiger partial charge on any atom is -0.465 e. The first kappa shape index (κ1) is 17.0. The predicted octanol–water partition coefficient (Wildman–Crippen LogP) is 1.98. The third-order valence-electron chi connectivity index (χ3n) is 3.86. The van der Waals surface area contributed by atoms with Gasteiger partial charge in [-0.1, -0.05) is 30.3 Å². The van der Waals surface area contributed by atoms with Crippen LogP contribution in [-0.4, -0.2) is 43.6 Å². The fourth-order valence-electron chi connectivity index (χ4n) is 2.72. The second-order valence-electron chi connectivity index (χ2n) is 5.43. The first-order valence-electron chi connectivity index (χ1n) is 7.74. The zero-order valence-electron chi connectivity index (χ0n) is 12.9. The minimum absolute atomic E-state index is 0.0208. The molecule has 1 aliphatic rings. The first-order valence-corrected chi connectivity index (χ1v) is 9.35. The maximum absolute atomic E-state index is 12.6. The molecule has 1 atom stereocenters. The number of nitrogens with zero attached hydrogens (tertiary/aromatic N) is 1. The van der Waals surface area contributed by atoms with Gasteiger partial charge in [-0.15, -0.1) is 0 Å². The van der Waals surface area contributed by atoms with Crippen molar-refractivity contribution in [1.29, 1.82) is 0 Å². The molecular formula is C16H23NO4S. The van der Waals surface area contributed by atoms with E-state index in [4.69, 9.17) is 4.74 Å². The highest BCUT2D eigenvalue weighted by Crippen LogP contribution is 2.22. The van der Waals surface area contributed by atoms with E-state index in [1.165, 1.54) is 4.31 Å². The largest absolute Gasteiger partial charge is 0.465 e. The van der Waals surface area contributed by atoms with E-state index in [0.29, 0.717) is 19.4 Å². The Labute approximate surface area is 132 Å². The highest BCUT2D eigenvalue weighted by molar-refractivity contribution is 7.89. The van der Waals surface area contributed by atoms with Crippen LogP contribution in [0.5, 0.6) is 0 Å². The molecule has 1 unspecified atom stereocenters. The Hall–Kier alpha value is -1.40. The lowest BCUT2D eigenvalue weighted by atomic mass is 10.1. The fourth-order valence-corrected chi connectivity index (χ4v) is 4.44. The first-order chi connectivity index (χ1) is 10.5. The van der Waals surface area contributed by atoms with Gasteiger partial charge in [-0.3, -0.25) is 4.79 Å². The summed E-state index contributed by atoms with van der Waals surface area (Å²) in [6, 6.07) is 8.85. The van der Waals surface area contributed by atoms with Gasteiger partial charge in [0.1, 0.15) is 6.04 Å². The number of hydrogen-bond acceptors (Lipinski definition) is 4. The summed E-state index contributed by atoms with van der Waals surface area (Å²) in [7, 11) is -3.46. The molecule has 122 valence electrons. The van der Waals surface area contributed by atoms with Gasteiger partial charge in [0, 0.05) is 6.54 Å². The van der Waals surface area contributed by atoms with E-state index >= 15 is 0 Å². The van der Waals surface area contributed by atoms with E-state index in [-0.39, 0.29) is 12.4 Å². The molecule has 5 nitrogen and oxygen atoms in total. The number of carbonyl (C=O) groups excluding carboxylic acids is 1. The predicted molar refractivity (Wildman–Crippen MR) is 84.9 cm³/mol. The maximum Gasteiger partial charge on any atom is 0.324 e. The molecule has 1 heterocycles. The van der Waals surface area contributed by atoms with E-state index < -0.39 is 22.0 Å². The van der Waals surface area contributed by atoms with Crippen LogP contribution in [-0.2, 0) is 26.0 Å². The fraction of sp³-hybridized carbons (Fsp3) is 0.562. The third-order valence-corrected chi connectivity index (χ3v) is 5.73. The van der Waals surface area contributed by atoms with Gasteiger partial charge in [-0.05, 0) is 38.2 Å². The van der Waals surface area contributed by atoms with Crippen LogP contribution < -0.4 is 0 Å². The van der Waals surface area contributed by atoms with Crippen molar-refractivity contribution >= 4 is 16.0 Å². The van der Waals surface area contributed by atoms with Crippen LogP contribution in [0.2, 0.25) is 0 Å². The lowest BCUT2D eigenvalue weighted by Crippen LogP contribution is -2.49. The van der Waals surface area contributed by atoms with Gasteiger partial charge in [0.15, 0.2) is 0 Å². The molecule has 0 spiro atoms. The van der Waals surface area contributed by atoms with Crippen LogP contribution in [0, 0.1) is 0 Å². The third kappa shape index (κ3) is 4.30. The molecular weight excluding hydrogens is 302 g/mol. The smallest absolute Gasteiger partial charge is 0.324 e. The number of sulfonamides is 1. The molecule has 0 amide bonds. The van der Waals surface area contributed by atoms with Crippen LogP contribution in [0.1, 0.15) is 31.7 Å². The summed E-state index contributed by atoms with van der Waals surface area (Å²) < 4.78 is 31.6. The summed E-state index contributed by atoms with van der Waals surface area (Å²) in [5, 5.41) is 0. The quantitative estimate of drug-likeness (QED) is 0.750. The molecule has 1 fully saturated rings. The Morgan fingerprint density at radius 2 is 2.00 bits per heavy atom. The van der Waals surface area contributed by atoms with Crippen molar-refractivity contribution in [2.24, 2.45) is 0 Å². The normalized spacial score (nSPS) is 19.8. The molecule has 22 heavy (non-hydrogen) atoms. The summed E-state index contributed by atoms with van der Waals surface area (Å²) in [6.07, 6.45) is 2.65. The zero-order chi connectivity index (χ0) is 16.0. The molecule has 0 bridgehead atoms. The van der Waals surface area contributed by atoms with E-state index in [1.54, 1.807) is 6.92 Å². The van der Waals surface area contributed by atoms with Crippen LogP contribution in [0.25, 0.3) is 0 Å². The lowest BCUT2D eigenvalue weighted by Gasteiger charge is -2.33. The molecule has 0 aromatic heterocycles. The van der Waals surface area contributed by atoms with Gasteiger partial charge >= 0.3 is 5.97 Å². The van der Waals surface area contributed by atoms with E-state index in [9.17, 15) is 13.2 Å². The van der Waals surface area contributed by atoms with Gasteiger partial charge in [0.25, 0.3) is 0 Å². The molecule has 0 saturated carbocycles. The Kier molecular flexibility index (Phi) is 5.97. The highest BCUT2D eigenvalue weighted by Gasteiger charge is 2.37. The Bertz CT molecular complexity index is 585. The van der Waals surface area contributed by atoms with E-state index in [0.717, 1.165) is 18.4 Å². The summed E-state index contributed by atoms with van der Waals surface area (Å²) >= 11 is 0. The zero-order valence-corrected chi connectivity index (χ0v) is 13.7. The van der Waals surface area contributed by atoms with Crippen molar-refractivity contribution in [2.75, 3.05) is 18.9 Å². The minimum atomic E-state index is -3.46. The van der Waals surface area contributed by atoms with Gasteiger partial charge in [-0.2, -0.15) is 4.31 Å². The average Bonchev–Trinajstić information content (AvgIpc) is 2.54. The van der Waals surface area contributed by atoms with Crippen LogP contribution >= 0.6 is 0 Å². The van der Waals surface area contributed by atoms with E-state index in [1.807, 2.05) is 30.3 Å².